The number of aliphatic hydroxyl groups is 2. The number of hydrogen-bond acceptors (Lipinski definition) is 3. The Morgan fingerprint density at radius 1 is 1.35 bits per heavy atom. The van der Waals surface area contributed by atoms with Crippen LogP contribution in [0.1, 0.15) is 38.2 Å². The monoisotopic (exact) mass is 276 g/mol. The van der Waals surface area contributed by atoms with Crippen molar-refractivity contribution in [1.29, 1.82) is 0 Å². The van der Waals surface area contributed by atoms with Gasteiger partial charge < -0.3 is 14.9 Å². The maximum Gasteiger partial charge on any atom is 0.218 e. The molecule has 110 valence electrons. The van der Waals surface area contributed by atoms with Crippen LogP contribution in [-0.2, 0) is 10.5 Å². The minimum absolute atomic E-state index is 0.540. The average molecular weight is 276 g/mol. The zero-order valence-electron chi connectivity index (χ0n) is 12.1. The molecule has 1 rings (SSSR count). The van der Waals surface area contributed by atoms with Gasteiger partial charge in [-0.2, -0.15) is 0 Å². The molecule has 2 atom stereocenters. The number of aliphatic hydroxyl groups excluding tert-OH is 1. The molecular weight excluding hydrogens is 252 g/mol. The van der Waals surface area contributed by atoms with E-state index in [2.05, 4.69) is 20.1 Å². The molecule has 0 saturated carbocycles. The number of ether oxygens (including phenoxy) is 1. The van der Waals surface area contributed by atoms with E-state index in [1.165, 1.54) is 6.08 Å². The van der Waals surface area contributed by atoms with Gasteiger partial charge in [0.25, 0.3) is 0 Å². The van der Waals surface area contributed by atoms with Gasteiger partial charge in [-0.05, 0) is 24.5 Å². The van der Waals surface area contributed by atoms with Crippen LogP contribution < -0.4 is 0 Å². The Bertz CT molecular complexity index is 427. The first kappa shape index (κ1) is 16.6. The topological polar surface area (TPSA) is 49.7 Å². The number of benzene rings is 1. The Morgan fingerprint density at radius 3 is 2.55 bits per heavy atom. The highest BCUT2D eigenvalue weighted by Crippen LogP contribution is 2.34. The highest BCUT2D eigenvalue weighted by molar-refractivity contribution is 5.28. The second-order valence-corrected chi connectivity index (χ2v) is 4.81. The fraction of sp³-hybridized carbons (Fsp3) is 0.412. The van der Waals surface area contributed by atoms with Crippen molar-refractivity contribution < 1.29 is 14.9 Å². The molecule has 0 aliphatic carbocycles. The molecule has 0 spiro atoms. The minimum Gasteiger partial charge on any atom is -0.365 e. The summed E-state index contributed by atoms with van der Waals surface area (Å²) in [4.78, 5) is 0. The number of unbranched alkanes of at least 4 members (excludes halogenated alkanes) is 2. The maximum atomic E-state index is 10.8. The van der Waals surface area contributed by atoms with Crippen LogP contribution in [0.3, 0.4) is 0 Å². The molecule has 0 aliphatic rings. The summed E-state index contributed by atoms with van der Waals surface area (Å²) in [6.45, 7) is 9.51. The highest BCUT2D eigenvalue weighted by atomic mass is 16.7. The van der Waals surface area contributed by atoms with E-state index in [1.807, 2.05) is 18.2 Å². The minimum atomic E-state index is -1.69. The van der Waals surface area contributed by atoms with Crippen LogP contribution in [0, 0.1) is 0 Å². The zero-order valence-corrected chi connectivity index (χ0v) is 12.1. The van der Waals surface area contributed by atoms with Crippen LogP contribution in [0.2, 0.25) is 0 Å². The van der Waals surface area contributed by atoms with Gasteiger partial charge in [0, 0.05) is 5.56 Å². The second-order valence-electron chi connectivity index (χ2n) is 4.81. The van der Waals surface area contributed by atoms with Gasteiger partial charge in [-0.15, -0.1) is 0 Å². The molecule has 0 amide bonds. The van der Waals surface area contributed by atoms with Crippen LogP contribution in [0.5, 0.6) is 0 Å². The van der Waals surface area contributed by atoms with Gasteiger partial charge in [0.15, 0.2) is 6.29 Å². The SMILES string of the molecule is C=CC(O)OC(O)(C(=C)CCCCC)c1ccccc1. The van der Waals surface area contributed by atoms with E-state index in [4.69, 9.17) is 4.74 Å². The molecule has 1 aromatic carbocycles. The molecule has 3 nitrogen and oxygen atoms in total. The number of rotatable bonds is 9. The summed E-state index contributed by atoms with van der Waals surface area (Å²) >= 11 is 0. The lowest BCUT2D eigenvalue weighted by molar-refractivity contribution is -0.251. The highest BCUT2D eigenvalue weighted by Gasteiger charge is 2.35. The smallest absolute Gasteiger partial charge is 0.218 e. The van der Waals surface area contributed by atoms with Gasteiger partial charge in [-0.25, -0.2) is 0 Å². The quantitative estimate of drug-likeness (QED) is 0.412. The summed E-state index contributed by atoms with van der Waals surface area (Å²) in [7, 11) is 0. The molecule has 20 heavy (non-hydrogen) atoms. The molecule has 0 fully saturated rings. The van der Waals surface area contributed by atoms with Crippen molar-refractivity contribution in [1.82, 2.24) is 0 Å². The van der Waals surface area contributed by atoms with E-state index in [0.29, 0.717) is 17.6 Å². The first-order valence-corrected chi connectivity index (χ1v) is 6.99. The van der Waals surface area contributed by atoms with Crippen LogP contribution in [0.25, 0.3) is 0 Å². The van der Waals surface area contributed by atoms with Crippen LogP contribution in [0.15, 0.2) is 55.1 Å². The zero-order chi connectivity index (χ0) is 15.0. The standard InChI is InChI=1S/C17H24O3/c1-4-6-8-11-14(3)17(19,20-16(18)5-2)15-12-9-7-10-13-15/h5,7,9-10,12-13,16,18-19H,2-4,6,8,11H2,1H3. The van der Waals surface area contributed by atoms with Crippen molar-refractivity contribution in [3.8, 4) is 0 Å². The lowest BCUT2D eigenvalue weighted by atomic mass is 9.94. The predicted octanol–water partition coefficient (Wildman–Crippen LogP) is 3.49. The van der Waals surface area contributed by atoms with Crippen molar-refractivity contribution in [2.45, 2.75) is 44.7 Å². The summed E-state index contributed by atoms with van der Waals surface area (Å²) in [5.74, 6) is -1.69. The van der Waals surface area contributed by atoms with Gasteiger partial charge >= 0.3 is 0 Å². The van der Waals surface area contributed by atoms with E-state index in [9.17, 15) is 10.2 Å². The summed E-state index contributed by atoms with van der Waals surface area (Å²) in [5, 5.41) is 20.5. The first-order chi connectivity index (χ1) is 9.54. The molecule has 0 bridgehead atoms. The molecule has 0 radical (unpaired) electrons. The van der Waals surface area contributed by atoms with Crippen molar-refractivity contribution in [3.63, 3.8) is 0 Å². The normalized spacial score (nSPS) is 15.3. The summed E-state index contributed by atoms with van der Waals surface area (Å²) < 4.78 is 5.36. The fourth-order valence-electron chi connectivity index (χ4n) is 2.00. The van der Waals surface area contributed by atoms with Gasteiger partial charge in [0.05, 0.1) is 0 Å². The Balaban J connectivity index is 2.95. The van der Waals surface area contributed by atoms with E-state index in [1.54, 1.807) is 12.1 Å². The Labute approximate surface area is 121 Å². The molecule has 3 heteroatoms. The van der Waals surface area contributed by atoms with Crippen LogP contribution in [0.4, 0.5) is 0 Å². The van der Waals surface area contributed by atoms with Crippen LogP contribution in [-0.4, -0.2) is 16.5 Å². The lowest BCUT2D eigenvalue weighted by Crippen LogP contribution is -2.35. The van der Waals surface area contributed by atoms with Crippen LogP contribution >= 0.6 is 0 Å². The molecule has 2 N–H and O–H groups in total. The summed E-state index contributed by atoms with van der Waals surface area (Å²) in [6, 6.07) is 8.97. The van der Waals surface area contributed by atoms with E-state index < -0.39 is 12.1 Å². The fourth-order valence-corrected chi connectivity index (χ4v) is 2.00. The van der Waals surface area contributed by atoms with Gasteiger partial charge in [0.2, 0.25) is 5.79 Å². The van der Waals surface area contributed by atoms with Crippen molar-refractivity contribution in [2.24, 2.45) is 0 Å². The lowest BCUT2D eigenvalue weighted by Gasteiger charge is -2.32. The number of hydrogen-bond donors (Lipinski definition) is 2. The van der Waals surface area contributed by atoms with Crippen molar-refractivity contribution >= 4 is 0 Å². The molecular formula is C17H24O3. The maximum absolute atomic E-state index is 10.8. The molecule has 0 aliphatic heterocycles. The van der Waals surface area contributed by atoms with Gasteiger partial charge in [-0.1, -0.05) is 63.3 Å². The van der Waals surface area contributed by atoms with E-state index >= 15 is 0 Å². The molecule has 0 saturated heterocycles. The Morgan fingerprint density at radius 2 is 2.00 bits per heavy atom. The summed E-state index contributed by atoms with van der Waals surface area (Å²) in [6.07, 6.45) is 3.71. The molecule has 0 aromatic heterocycles. The van der Waals surface area contributed by atoms with E-state index in [-0.39, 0.29) is 0 Å². The molecule has 0 heterocycles. The van der Waals surface area contributed by atoms with Gasteiger partial charge in [-0.3, -0.25) is 0 Å². The van der Waals surface area contributed by atoms with Crippen molar-refractivity contribution in [2.75, 3.05) is 0 Å². The van der Waals surface area contributed by atoms with E-state index in [0.717, 1.165) is 19.3 Å². The third-order valence-electron chi connectivity index (χ3n) is 3.22. The first-order valence-electron chi connectivity index (χ1n) is 6.99. The third-order valence-corrected chi connectivity index (χ3v) is 3.22. The second kappa shape index (κ2) is 8.00. The predicted molar refractivity (Wildman–Crippen MR) is 80.9 cm³/mol. The Hall–Kier alpha value is -1.42. The third kappa shape index (κ3) is 4.30. The average Bonchev–Trinajstić information content (AvgIpc) is 2.48. The largest absolute Gasteiger partial charge is 0.365 e. The van der Waals surface area contributed by atoms with Gasteiger partial charge in [0.1, 0.15) is 0 Å². The van der Waals surface area contributed by atoms with Crippen molar-refractivity contribution in [3.05, 3.63) is 60.7 Å². The molecule has 1 aromatic rings. The Kier molecular flexibility index (Phi) is 6.65. The molecule has 2 unspecified atom stereocenters. The summed E-state index contributed by atoms with van der Waals surface area (Å²) in [5.41, 5.74) is 1.10.